The Bertz CT molecular complexity index is 849. The van der Waals surface area contributed by atoms with E-state index in [2.05, 4.69) is 10.3 Å². The second-order valence-electron chi connectivity index (χ2n) is 5.97. The van der Waals surface area contributed by atoms with Crippen molar-refractivity contribution < 1.29 is 9.53 Å². The molecule has 2 aromatic carbocycles. The molecule has 4 heteroatoms. The minimum atomic E-state index is -0.102. The number of hydrogen-bond donors (Lipinski definition) is 1. The predicted octanol–water partition coefficient (Wildman–Crippen LogP) is 4.26. The number of pyridine rings is 1. The molecule has 0 bridgehead atoms. The van der Waals surface area contributed by atoms with Gasteiger partial charge in [-0.25, -0.2) is 0 Å². The summed E-state index contributed by atoms with van der Waals surface area (Å²) in [5.41, 5.74) is 3.24. The molecule has 1 N–H and O–H groups in total. The van der Waals surface area contributed by atoms with E-state index < -0.39 is 0 Å². The standard InChI is InChI=1S/C22H22N2O2/c1-17-20(13-14-21(24-17)18-9-4-2-5-10-18)22(25)23-15-8-16-26-19-11-6-3-7-12-19/h2-7,9-14H,8,15-16H2,1H3,(H,23,25). The van der Waals surface area contributed by atoms with Crippen molar-refractivity contribution in [2.45, 2.75) is 13.3 Å². The van der Waals surface area contributed by atoms with E-state index in [0.29, 0.717) is 18.7 Å². The Balaban J connectivity index is 1.50. The van der Waals surface area contributed by atoms with Gasteiger partial charge in [-0.3, -0.25) is 9.78 Å². The second kappa shape index (κ2) is 8.81. The Hall–Kier alpha value is -3.14. The zero-order valence-corrected chi connectivity index (χ0v) is 14.8. The number of rotatable bonds is 7. The summed E-state index contributed by atoms with van der Waals surface area (Å²) < 4.78 is 5.62. The van der Waals surface area contributed by atoms with Gasteiger partial charge < -0.3 is 10.1 Å². The van der Waals surface area contributed by atoms with Crippen LogP contribution in [-0.4, -0.2) is 24.0 Å². The van der Waals surface area contributed by atoms with Gasteiger partial charge in [0.1, 0.15) is 5.75 Å². The Labute approximate surface area is 153 Å². The maximum atomic E-state index is 12.4. The van der Waals surface area contributed by atoms with Gasteiger partial charge in [0.05, 0.1) is 23.6 Å². The third-order valence-electron chi connectivity index (χ3n) is 4.02. The number of ether oxygens (including phenoxy) is 1. The Morgan fingerprint density at radius 2 is 1.65 bits per heavy atom. The molecule has 0 aliphatic rings. The summed E-state index contributed by atoms with van der Waals surface area (Å²) in [5.74, 6) is 0.740. The molecule has 0 atom stereocenters. The van der Waals surface area contributed by atoms with E-state index in [-0.39, 0.29) is 5.91 Å². The number of amides is 1. The zero-order valence-electron chi connectivity index (χ0n) is 14.8. The van der Waals surface area contributed by atoms with Crippen LogP contribution in [0.3, 0.4) is 0 Å². The average molecular weight is 346 g/mol. The van der Waals surface area contributed by atoms with Crippen LogP contribution in [0.25, 0.3) is 11.3 Å². The van der Waals surface area contributed by atoms with Gasteiger partial charge in [-0.2, -0.15) is 0 Å². The lowest BCUT2D eigenvalue weighted by molar-refractivity contribution is 0.0950. The fourth-order valence-electron chi connectivity index (χ4n) is 2.65. The highest BCUT2D eigenvalue weighted by Gasteiger charge is 2.11. The number of para-hydroxylation sites is 1. The van der Waals surface area contributed by atoms with Crippen LogP contribution in [0.2, 0.25) is 0 Å². The lowest BCUT2D eigenvalue weighted by Gasteiger charge is -2.10. The average Bonchev–Trinajstić information content (AvgIpc) is 2.69. The monoisotopic (exact) mass is 346 g/mol. The normalized spacial score (nSPS) is 10.3. The molecular weight excluding hydrogens is 324 g/mol. The van der Waals surface area contributed by atoms with Gasteiger partial charge in [-0.1, -0.05) is 48.5 Å². The smallest absolute Gasteiger partial charge is 0.253 e. The van der Waals surface area contributed by atoms with E-state index in [1.165, 1.54) is 0 Å². The molecule has 0 aliphatic carbocycles. The predicted molar refractivity (Wildman–Crippen MR) is 103 cm³/mol. The summed E-state index contributed by atoms with van der Waals surface area (Å²) in [7, 11) is 0. The van der Waals surface area contributed by atoms with Crippen LogP contribution in [0.5, 0.6) is 5.75 Å². The van der Waals surface area contributed by atoms with Crippen molar-refractivity contribution in [2.75, 3.05) is 13.2 Å². The highest BCUT2D eigenvalue weighted by atomic mass is 16.5. The number of hydrogen-bond acceptors (Lipinski definition) is 3. The van der Waals surface area contributed by atoms with Crippen molar-refractivity contribution in [2.24, 2.45) is 0 Å². The quantitative estimate of drug-likeness (QED) is 0.651. The summed E-state index contributed by atoms with van der Waals surface area (Å²) in [5, 5.41) is 2.93. The van der Waals surface area contributed by atoms with Crippen molar-refractivity contribution in [3.8, 4) is 17.0 Å². The fraction of sp³-hybridized carbons (Fsp3) is 0.182. The first-order valence-corrected chi connectivity index (χ1v) is 8.73. The molecule has 0 saturated carbocycles. The summed E-state index contributed by atoms with van der Waals surface area (Å²) in [4.78, 5) is 16.9. The van der Waals surface area contributed by atoms with Crippen LogP contribution in [0.1, 0.15) is 22.5 Å². The number of nitrogens with one attached hydrogen (secondary N) is 1. The van der Waals surface area contributed by atoms with Crippen molar-refractivity contribution in [1.29, 1.82) is 0 Å². The summed E-state index contributed by atoms with van der Waals surface area (Å²) in [6.07, 6.45) is 0.745. The first-order valence-electron chi connectivity index (χ1n) is 8.73. The molecule has 1 amide bonds. The van der Waals surface area contributed by atoms with Crippen LogP contribution in [0.4, 0.5) is 0 Å². The van der Waals surface area contributed by atoms with Crippen molar-refractivity contribution in [1.82, 2.24) is 10.3 Å². The molecule has 0 spiro atoms. The van der Waals surface area contributed by atoms with E-state index in [1.807, 2.05) is 79.7 Å². The molecule has 3 aromatic rings. The summed E-state index contributed by atoms with van der Waals surface area (Å²) in [6.45, 7) is 2.99. The van der Waals surface area contributed by atoms with Crippen LogP contribution in [0, 0.1) is 6.92 Å². The van der Waals surface area contributed by atoms with Gasteiger partial charge in [-0.05, 0) is 37.6 Å². The van der Waals surface area contributed by atoms with Crippen molar-refractivity contribution >= 4 is 5.91 Å². The minimum absolute atomic E-state index is 0.102. The van der Waals surface area contributed by atoms with Crippen LogP contribution in [-0.2, 0) is 0 Å². The van der Waals surface area contributed by atoms with Gasteiger partial charge >= 0.3 is 0 Å². The lowest BCUT2D eigenvalue weighted by Crippen LogP contribution is -2.26. The van der Waals surface area contributed by atoms with E-state index in [0.717, 1.165) is 29.1 Å². The maximum absolute atomic E-state index is 12.4. The van der Waals surface area contributed by atoms with Crippen LogP contribution in [0.15, 0.2) is 72.8 Å². The molecule has 132 valence electrons. The van der Waals surface area contributed by atoms with E-state index in [4.69, 9.17) is 4.74 Å². The first kappa shape index (κ1) is 17.7. The van der Waals surface area contributed by atoms with Crippen molar-refractivity contribution in [3.05, 3.63) is 84.1 Å². The van der Waals surface area contributed by atoms with E-state index in [9.17, 15) is 4.79 Å². The molecule has 1 aromatic heterocycles. The maximum Gasteiger partial charge on any atom is 0.253 e. The first-order chi connectivity index (χ1) is 12.7. The van der Waals surface area contributed by atoms with E-state index >= 15 is 0 Å². The Morgan fingerprint density at radius 1 is 0.962 bits per heavy atom. The Kier molecular flexibility index (Phi) is 5.99. The number of carbonyl (C=O) groups is 1. The highest BCUT2D eigenvalue weighted by Crippen LogP contribution is 2.18. The van der Waals surface area contributed by atoms with Crippen LogP contribution >= 0.6 is 0 Å². The molecule has 0 radical (unpaired) electrons. The van der Waals surface area contributed by atoms with Gasteiger partial charge in [0.25, 0.3) is 5.91 Å². The lowest BCUT2D eigenvalue weighted by atomic mass is 10.1. The number of aromatic nitrogens is 1. The molecule has 3 rings (SSSR count). The molecule has 0 aliphatic heterocycles. The van der Waals surface area contributed by atoms with Crippen molar-refractivity contribution in [3.63, 3.8) is 0 Å². The van der Waals surface area contributed by atoms with Gasteiger partial charge in [0, 0.05) is 12.1 Å². The SMILES string of the molecule is Cc1nc(-c2ccccc2)ccc1C(=O)NCCCOc1ccccc1. The van der Waals surface area contributed by atoms with E-state index in [1.54, 1.807) is 0 Å². The molecule has 1 heterocycles. The highest BCUT2D eigenvalue weighted by molar-refractivity contribution is 5.95. The molecule has 26 heavy (non-hydrogen) atoms. The topological polar surface area (TPSA) is 51.2 Å². The third kappa shape index (κ3) is 4.70. The summed E-state index contributed by atoms with van der Waals surface area (Å²) >= 11 is 0. The largest absolute Gasteiger partial charge is 0.494 e. The third-order valence-corrected chi connectivity index (χ3v) is 4.02. The molecular formula is C22H22N2O2. The number of benzene rings is 2. The molecule has 0 fully saturated rings. The number of nitrogens with zero attached hydrogens (tertiary/aromatic N) is 1. The van der Waals surface area contributed by atoms with Crippen LogP contribution < -0.4 is 10.1 Å². The molecule has 0 saturated heterocycles. The number of aryl methyl sites for hydroxylation is 1. The zero-order chi connectivity index (χ0) is 18.2. The summed E-state index contributed by atoms with van der Waals surface area (Å²) in [6, 6.07) is 23.3. The molecule has 4 nitrogen and oxygen atoms in total. The van der Waals surface area contributed by atoms with Gasteiger partial charge in [0.15, 0.2) is 0 Å². The molecule has 0 unspecified atom stereocenters. The number of carbonyl (C=O) groups excluding carboxylic acids is 1. The van der Waals surface area contributed by atoms with Gasteiger partial charge in [-0.15, -0.1) is 0 Å². The fourth-order valence-corrected chi connectivity index (χ4v) is 2.65. The Morgan fingerprint density at radius 3 is 2.35 bits per heavy atom. The second-order valence-corrected chi connectivity index (χ2v) is 5.97. The minimum Gasteiger partial charge on any atom is -0.494 e. The van der Waals surface area contributed by atoms with Gasteiger partial charge in [0.2, 0.25) is 0 Å².